The highest BCUT2D eigenvalue weighted by molar-refractivity contribution is 5.87. The van der Waals surface area contributed by atoms with Crippen LogP contribution in [0.25, 0.3) is 0 Å². The lowest BCUT2D eigenvalue weighted by molar-refractivity contribution is -0.148. The molecule has 0 bridgehead atoms. The van der Waals surface area contributed by atoms with Crippen molar-refractivity contribution in [1.29, 1.82) is 0 Å². The second kappa shape index (κ2) is 8.03. The van der Waals surface area contributed by atoms with Crippen molar-refractivity contribution in [1.82, 2.24) is 5.32 Å². The first-order chi connectivity index (χ1) is 7.96. The molecule has 0 aromatic heterocycles. The number of nitrogens with one attached hydrogen (secondary N) is 1. The summed E-state index contributed by atoms with van der Waals surface area (Å²) >= 11 is 0. The number of aliphatic carboxylic acids is 1. The van der Waals surface area contributed by atoms with Gasteiger partial charge in [-0.15, -0.1) is 0 Å². The number of rotatable bonds is 9. The summed E-state index contributed by atoms with van der Waals surface area (Å²) in [6.45, 7) is 3.91. The molecule has 0 aromatic rings. The molecule has 0 saturated heterocycles. The van der Waals surface area contributed by atoms with Crippen molar-refractivity contribution in [3.8, 4) is 0 Å². The van der Waals surface area contributed by atoms with Crippen molar-refractivity contribution < 1.29 is 24.2 Å². The van der Waals surface area contributed by atoms with Crippen molar-refractivity contribution >= 4 is 11.9 Å². The molecular weight excluding hydrogens is 226 g/mol. The summed E-state index contributed by atoms with van der Waals surface area (Å²) < 4.78 is 9.76. The van der Waals surface area contributed by atoms with E-state index in [2.05, 4.69) is 5.32 Å². The first-order valence-electron chi connectivity index (χ1n) is 5.57. The Labute approximate surface area is 101 Å². The Kier molecular flexibility index (Phi) is 7.49. The van der Waals surface area contributed by atoms with Crippen LogP contribution in [0.15, 0.2) is 0 Å². The molecule has 17 heavy (non-hydrogen) atoms. The van der Waals surface area contributed by atoms with Gasteiger partial charge in [-0.25, -0.2) is 4.79 Å². The summed E-state index contributed by atoms with van der Waals surface area (Å²) in [7, 11) is 1.53. The summed E-state index contributed by atoms with van der Waals surface area (Å²) in [6.07, 6.45) is 1.06. The number of carbonyl (C=O) groups excluding carboxylic acids is 1. The molecule has 0 heterocycles. The van der Waals surface area contributed by atoms with Crippen LogP contribution >= 0.6 is 0 Å². The average molecular weight is 247 g/mol. The van der Waals surface area contributed by atoms with Crippen LogP contribution in [-0.4, -0.2) is 49.5 Å². The zero-order valence-electron chi connectivity index (χ0n) is 10.6. The van der Waals surface area contributed by atoms with Gasteiger partial charge >= 0.3 is 5.97 Å². The molecule has 0 spiro atoms. The molecule has 0 rings (SSSR count). The van der Waals surface area contributed by atoms with Gasteiger partial charge in [0, 0.05) is 7.11 Å². The van der Waals surface area contributed by atoms with Crippen LogP contribution in [0.1, 0.15) is 26.7 Å². The van der Waals surface area contributed by atoms with Crippen LogP contribution in [0, 0.1) is 0 Å². The van der Waals surface area contributed by atoms with Gasteiger partial charge in [-0.2, -0.15) is 0 Å². The maximum atomic E-state index is 11.5. The fourth-order valence-electron chi connectivity index (χ4n) is 1.37. The third kappa shape index (κ3) is 6.23. The van der Waals surface area contributed by atoms with E-state index in [0.717, 1.165) is 0 Å². The van der Waals surface area contributed by atoms with E-state index >= 15 is 0 Å². The Morgan fingerprint density at radius 3 is 2.47 bits per heavy atom. The third-order valence-electron chi connectivity index (χ3n) is 2.30. The molecule has 0 aliphatic rings. The van der Waals surface area contributed by atoms with Gasteiger partial charge in [0.05, 0.1) is 13.2 Å². The zero-order valence-corrected chi connectivity index (χ0v) is 10.6. The van der Waals surface area contributed by atoms with Crippen LogP contribution in [0.2, 0.25) is 0 Å². The summed E-state index contributed by atoms with van der Waals surface area (Å²) in [4.78, 5) is 22.5. The molecule has 0 radical (unpaired) electrons. The minimum atomic E-state index is -1.23. The van der Waals surface area contributed by atoms with Gasteiger partial charge in [-0.1, -0.05) is 13.3 Å². The maximum Gasteiger partial charge on any atom is 0.329 e. The minimum absolute atomic E-state index is 0.157. The molecule has 6 nitrogen and oxygen atoms in total. The second-order valence-corrected chi connectivity index (χ2v) is 3.98. The Morgan fingerprint density at radius 1 is 1.35 bits per heavy atom. The van der Waals surface area contributed by atoms with Crippen molar-refractivity contribution in [2.75, 3.05) is 26.9 Å². The zero-order chi connectivity index (χ0) is 13.3. The lowest BCUT2D eigenvalue weighted by Crippen LogP contribution is -2.53. The summed E-state index contributed by atoms with van der Waals surface area (Å²) in [5, 5.41) is 11.5. The maximum absolute atomic E-state index is 11.5. The van der Waals surface area contributed by atoms with E-state index in [1.807, 2.05) is 6.92 Å². The van der Waals surface area contributed by atoms with Crippen molar-refractivity contribution in [2.45, 2.75) is 32.2 Å². The van der Waals surface area contributed by atoms with E-state index in [9.17, 15) is 9.59 Å². The smallest absolute Gasteiger partial charge is 0.329 e. The lowest BCUT2D eigenvalue weighted by atomic mass is 9.96. The lowest BCUT2D eigenvalue weighted by Gasteiger charge is -2.25. The SMILES string of the molecule is CCCC(C)(NC(=O)COCCOC)C(=O)O. The number of methoxy groups -OCH3 is 1. The largest absolute Gasteiger partial charge is 0.480 e. The minimum Gasteiger partial charge on any atom is -0.480 e. The Hall–Kier alpha value is -1.14. The normalized spacial score (nSPS) is 14.1. The predicted molar refractivity (Wildman–Crippen MR) is 61.8 cm³/mol. The molecule has 1 unspecified atom stereocenters. The fraction of sp³-hybridized carbons (Fsp3) is 0.818. The number of amides is 1. The molecular formula is C11H21NO5. The molecule has 0 fully saturated rings. The number of carboxylic acid groups (broad SMARTS) is 1. The standard InChI is InChI=1S/C11H21NO5/c1-4-5-11(2,10(14)15)12-9(13)8-17-7-6-16-3/h4-8H2,1-3H3,(H,12,13)(H,14,15). The van der Waals surface area contributed by atoms with Gasteiger partial charge in [0.15, 0.2) is 0 Å². The molecule has 1 atom stereocenters. The predicted octanol–water partition coefficient (Wildman–Crippen LogP) is 0.409. The number of hydrogen-bond acceptors (Lipinski definition) is 4. The number of carboxylic acids is 1. The molecule has 6 heteroatoms. The second-order valence-electron chi connectivity index (χ2n) is 3.98. The molecule has 0 aliphatic heterocycles. The van der Waals surface area contributed by atoms with Gasteiger partial charge in [-0.05, 0) is 13.3 Å². The average Bonchev–Trinajstić information content (AvgIpc) is 2.24. The van der Waals surface area contributed by atoms with Gasteiger partial charge in [0.1, 0.15) is 12.1 Å². The highest BCUT2D eigenvalue weighted by Gasteiger charge is 2.33. The third-order valence-corrected chi connectivity index (χ3v) is 2.30. The molecule has 0 aromatic carbocycles. The van der Waals surface area contributed by atoms with Crippen LogP contribution in [0.4, 0.5) is 0 Å². The number of ether oxygens (including phenoxy) is 2. The monoisotopic (exact) mass is 247 g/mol. The van der Waals surface area contributed by atoms with Crippen molar-refractivity contribution in [3.05, 3.63) is 0 Å². The number of hydrogen-bond donors (Lipinski definition) is 2. The Morgan fingerprint density at radius 2 is 2.00 bits per heavy atom. The molecule has 1 amide bonds. The van der Waals surface area contributed by atoms with E-state index in [1.165, 1.54) is 14.0 Å². The highest BCUT2D eigenvalue weighted by Crippen LogP contribution is 2.12. The first-order valence-corrected chi connectivity index (χ1v) is 5.57. The van der Waals surface area contributed by atoms with Crippen LogP contribution in [-0.2, 0) is 19.1 Å². The van der Waals surface area contributed by atoms with E-state index in [0.29, 0.717) is 26.1 Å². The van der Waals surface area contributed by atoms with Crippen LogP contribution in [0.5, 0.6) is 0 Å². The molecule has 0 saturated carbocycles. The Balaban J connectivity index is 4.09. The summed E-state index contributed by atoms with van der Waals surface area (Å²) in [6, 6.07) is 0. The van der Waals surface area contributed by atoms with Crippen LogP contribution < -0.4 is 5.32 Å². The van der Waals surface area contributed by atoms with Crippen LogP contribution in [0.3, 0.4) is 0 Å². The van der Waals surface area contributed by atoms with E-state index < -0.39 is 17.4 Å². The summed E-state index contributed by atoms with van der Waals surface area (Å²) in [5.41, 5.74) is -1.23. The summed E-state index contributed by atoms with van der Waals surface area (Å²) in [5.74, 6) is -1.47. The van der Waals surface area contributed by atoms with E-state index in [-0.39, 0.29) is 6.61 Å². The van der Waals surface area contributed by atoms with Gasteiger partial charge in [0.25, 0.3) is 0 Å². The molecule has 100 valence electrons. The topological polar surface area (TPSA) is 84.9 Å². The fourth-order valence-corrected chi connectivity index (χ4v) is 1.37. The highest BCUT2D eigenvalue weighted by atomic mass is 16.5. The van der Waals surface area contributed by atoms with Gasteiger partial charge in [-0.3, -0.25) is 4.79 Å². The van der Waals surface area contributed by atoms with Gasteiger partial charge in [0.2, 0.25) is 5.91 Å². The quantitative estimate of drug-likeness (QED) is 0.576. The Bertz CT molecular complexity index is 256. The van der Waals surface area contributed by atoms with E-state index in [4.69, 9.17) is 14.6 Å². The van der Waals surface area contributed by atoms with Crippen molar-refractivity contribution in [2.24, 2.45) is 0 Å². The van der Waals surface area contributed by atoms with Crippen molar-refractivity contribution in [3.63, 3.8) is 0 Å². The van der Waals surface area contributed by atoms with E-state index in [1.54, 1.807) is 0 Å². The molecule has 0 aliphatic carbocycles. The number of carbonyl (C=O) groups is 2. The molecule has 2 N–H and O–H groups in total. The van der Waals surface area contributed by atoms with Gasteiger partial charge < -0.3 is 19.9 Å². The first kappa shape index (κ1) is 15.9.